The SMILES string of the molecule is COc1cccc2c1C(=O)c1c(O)c3c(c(O)c1C2=O)C[C@@](O)(C(C)=O)C[C@@H]3O[C@H]1CC[C@H](N=[N+]=[N-])[C@H](C)O1. The van der Waals surface area contributed by atoms with Crippen molar-refractivity contribution < 1.29 is 43.9 Å². The molecule has 3 N–H and O–H groups in total. The molecule has 1 heterocycles. The Morgan fingerprint density at radius 1 is 1.15 bits per heavy atom. The second-order valence-corrected chi connectivity index (χ2v) is 10.1. The van der Waals surface area contributed by atoms with E-state index in [4.69, 9.17) is 19.7 Å². The van der Waals surface area contributed by atoms with Gasteiger partial charge in [0.1, 0.15) is 22.8 Å². The number of methoxy groups -OCH3 is 1. The van der Waals surface area contributed by atoms with Crippen molar-refractivity contribution in [3.63, 3.8) is 0 Å². The minimum absolute atomic E-state index is 0.00823. The van der Waals surface area contributed by atoms with Gasteiger partial charge in [0.2, 0.25) is 5.78 Å². The Morgan fingerprint density at radius 3 is 2.51 bits per heavy atom. The van der Waals surface area contributed by atoms with Crippen molar-refractivity contribution >= 4 is 17.3 Å². The number of aliphatic hydroxyl groups is 1. The molecule has 0 bridgehead atoms. The number of hydrogen-bond donors (Lipinski definition) is 3. The minimum atomic E-state index is -1.98. The molecule has 1 aliphatic heterocycles. The van der Waals surface area contributed by atoms with Gasteiger partial charge in [-0.2, -0.15) is 0 Å². The Morgan fingerprint density at radius 2 is 1.87 bits per heavy atom. The van der Waals surface area contributed by atoms with Gasteiger partial charge >= 0.3 is 0 Å². The van der Waals surface area contributed by atoms with E-state index in [1.807, 2.05) is 0 Å². The Balaban J connectivity index is 1.64. The van der Waals surface area contributed by atoms with Gasteiger partial charge in [-0.15, -0.1) is 0 Å². The number of phenolic OH excluding ortho intramolecular Hbond substituents is 2. The summed E-state index contributed by atoms with van der Waals surface area (Å²) in [6.45, 7) is 2.91. The molecule has 2 aliphatic carbocycles. The molecule has 2 aromatic carbocycles. The highest BCUT2D eigenvalue weighted by atomic mass is 16.7. The summed E-state index contributed by atoms with van der Waals surface area (Å²) in [7, 11) is 1.34. The summed E-state index contributed by atoms with van der Waals surface area (Å²) in [5.41, 5.74) is 5.84. The number of rotatable bonds is 5. The zero-order valence-corrected chi connectivity index (χ0v) is 21.5. The lowest BCUT2D eigenvalue weighted by Crippen LogP contribution is -2.46. The van der Waals surface area contributed by atoms with E-state index in [1.165, 1.54) is 32.2 Å². The van der Waals surface area contributed by atoms with Crippen LogP contribution in [-0.4, -0.2) is 63.8 Å². The van der Waals surface area contributed by atoms with Crippen LogP contribution in [0.2, 0.25) is 0 Å². The molecule has 1 fully saturated rings. The van der Waals surface area contributed by atoms with Gasteiger partial charge in [0.05, 0.1) is 42.0 Å². The number of ether oxygens (including phenoxy) is 3. The quantitative estimate of drug-likeness (QED) is 0.190. The molecule has 204 valence electrons. The molecule has 0 radical (unpaired) electrons. The first kappa shape index (κ1) is 26.6. The van der Waals surface area contributed by atoms with E-state index in [0.717, 1.165) is 0 Å². The van der Waals surface area contributed by atoms with E-state index in [0.29, 0.717) is 12.8 Å². The van der Waals surface area contributed by atoms with Crippen LogP contribution in [0.25, 0.3) is 10.4 Å². The number of hydrogen-bond acceptors (Lipinski definition) is 10. The molecule has 0 unspecified atom stereocenters. The first-order valence-corrected chi connectivity index (χ1v) is 12.5. The lowest BCUT2D eigenvalue weighted by Gasteiger charge is -2.41. The highest BCUT2D eigenvalue weighted by Crippen LogP contribution is 2.52. The topological polar surface area (TPSA) is 188 Å². The van der Waals surface area contributed by atoms with Crippen LogP contribution in [0.4, 0.5) is 0 Å². The summed E-state index contributed by atoms with van der Waals surface area (Å²) in [5.74, 6) is -3.10. The molecule has 0 saturated carbocycles. The number of phenols is 2. The molecule has 5 atom stereocenters. The highest BCUT2D eigenvalue weighted by molar-refractivity contribution is 6.31. The molecular weight excluding hydrogens is 510 g/mol. The number of aromatic hydroxyl groups is 2. The zero-order valence-electron chi connectivity index (χ0n) is 21.5. The van der Waals surface area contributed by atoms with E-state index >= 15 is 0 Å². The van der Waals surface area contributed by atoms with Gasteiger partial charge in [0, 0.05) is 34.4 Å². The van der Waals surface area contributed by atoms with Crippen LogP contribution in [0.3, 0.4) is 0 Å². The molecule has 1 saturated heterocycles. The van der Waals surface area contributed by atoms with Crippen LogP contribution in [0.5, 0.6) is 17.2 Å². The van der Waals surface area contributed by atoms with Crippen molar-refractivity contribution in [3.8, 4) is 17.2 Å². The number of azide groups is 1. The Labute approximate surface area is 222 Å². The molecule has 5 rings (SSSR count). The van der Waals surface area contributed by atoms with Crippen LogP contribution < -0.4 is 4.74 Å². The van der Waals surface area contributed by atoms with Crippen molar-refractivity contribution in [2.75, 3.05) is 7.11 Å². The van der Waals surface area contributed by atoms with Crippen molar-refractivity contribution in [2.45, 2.75) is 69.7 Å². The maximum absolute atomic E-state index is 13.7. The number of Topliss-reactive ketones (excluding diaryl/α,β-unsaturated/α-hetero) is 1. The maximum atomic E-state index is 13.7. The van der Waals surface area contributed by atoms with Crippen molar-refractivity contribution in [1.29, 1.82) is 0 Å². The molecule has 0 aromatic heterocycles. The smallest absolute Gasteiger partial charge is 0.202 e. The number of benzene rings is 2. The average Bonchev–Trinajstić information content (AvgIpc) is 2.90. The van der Waals surface area contributed by atoms with E-state index in [1.54, 1.807) is 6.92 Å². The Hall–Kier alpha value is -3.96. The fourth-order valence-corrected chi connectivity index (χ4v) is 5.74. The van der Waals surface area contributed by atoms with E-state index in [2.05, 4.69) is 10.0 Å². The third kappa shape index (κ3) is 4.12. The average molecular weight is 538 g/mol. The van der Waals surface area contributed by atoms with Crippen LogP contribution in [0.15, 0.2) is 23.3 Å². The summed E-state index contributed by atoms with van der Waals surface area (Å²) in [6, 6.07) is 4.04. The molecule has 2 aromatic rings. The first-order chi connectivity index (χ1) is 18.5. The molecule has 0 amide bonds. The number of carbonyl (C=O) groups excluding carboxylic acids is 3. The molecule has 3 aliphatic rings. The fraction of sp³-hybridized carbons (Fsp3) is 0.444. The lowest BCUT2D eigenvalue weighted by atomic mass is 9.72. The third-order valence-corrected chi connectivity index (χ3v) is 7.85. The van der Waals surface area contributed by atoms with Crippen molar-refractivity contribution in [1.82, 2.24) is 0 Å². The minimum Gasteiger partial charge on any atom is -0.507 e. The zero-order chi connectivity index (χ0) is 28.2. The predicted molar refractivity (Wildman–Crippen MR) is 134 cm³/mol. The van der Waals surface area contributed by atoms with Crippen LogP contribution in [0.1, 0.15) is 82.2 Å². The van der Waals surface area contributed by atoms with Gasteiger partial charge in [-0.05, 0) is 38.3 Å². The molecular formula is C27H27N3O9. The summed E-state index contributed by atoms with van der Waals surface area (Å²) in [5, 5.41) is 37.8. The van der Waals surface area contributed by atoms with Gasteiger partial charge in [0.25, 0.3) is 0 Å². The predicted octanol–water partition coefficient (Wildman–Crippen LogP) is 3.41. The molecule has 12 heteroatoms. The van der Waals surface area contributed by atoms with E-state index < -0.39 is 76.5 Å². The van der Waals surface area contributed by atoms with E-state index in [9.17, 15) is 29.7 Å². The number of carbonyl (C=O) groups is 3. The van der Waals surface area contributed by atoms with Crippen molar-refractivity contribution in [3.05, 3.63) is 62.0 Å². The monoisotopic (exact) mass is 537 g/mol. The van der Waals surface area contributed by atoms with Gasteiger partial charge in [-0.1, -0.05) is 17.2 Å². The Bertz CT molecular complexity index is 1470. The summed E-state index contributed by atoms with van der Waals surface area (Å²) < 4.78 is 17.3. The molecule has 12 nitrogen and oxygen atoms in total. The summed E-state index contributed by atoms with van der Waals surface area (Å²) >= 11 is 0. The normalized spacial score (nSPS) is 27.6. The highest BCUT2D eigenvalue weighted by Gasteiger charge is 2.49. The second kappa shape index (κ2) is 9.65. The van der Waals surface area contributed by atoms with Crippen LogP contribution in [-0.2, 0) is 20.7 Å². The summed E-state index contributed by atoms with van der Waals surface area (Å²) in [4.78, 5) is 42.5. The Kier molecular flexibility index (Phi) is 6.59. The number of ketones is 3. The third-order valence-electron chi connectivity index (χ3n) is 7.85. The largest absolute Gasteiger partial charge is 0.507 e. The lowest BCUT2D eigenvalue weighted by molar-refractivity contribution is -0.226. The van der Waals surface area contributed by atoms with Gasteiger partial charge < -0.3 is 29.5 Å². The standard InChI is InChI=1S/C27H27N3O9/c1-11-15(29-30-28)7-8-18(38-11)39-17-10-27(36,12(2)31)9-14-20(17)26(35)22-21(24(14)33)23(32)13-5-4-6-16(37-3)19(13)25(22)34/h4-6,11,15,17-18,33,35-36H,7-10H2,1-3H3/t11-,15-,17-,18-,27-/m0/s1. The van der Waals surface area contributed by atoms with Crippen LogP contribution >= 0.6 is 0 Å². The maximum Gasteiger partial charge on any atom is 0.202 e. The first-order valence-electron chi connectivity index (χ1n) is 12.5. The fourth-order valence-electron chi connectivity index (χ4n) is 5.74. The van der Waals surface area contributed by atoms with Crippen molar-refractivity contribution in [2.24, 2.45) is 5.11 Å². The van der Waals surface area contributed by atoms with Gasteiger partial charge in [-0.25, -0.2) is 0 Å². The van der Waals surface area contributed by atoms with Gasteiger partial charge in [0.15, 0.2) is 17.9 Å². The summed E-state index contributed by atoms with van der Waals surface area (Å²) in [6.07, 6.45) is -2.50. The molecule has 0 spiro atoms. The van der Waals surface area contributed by atoms with Crippen LogP contribution in [0, 0.1) is 0 Å². The second-order valence-electron chi connectivity index (χ2n) is 10.1. The number of nitrogens with zero attached hydrogens (tertiary/aromatic N) is 3. The van der Waals surface area contributed by atoms with E-state index in [-0.39, 0.29) is 34.4 Å². The van der Waals surface area contributed by atoms with Gasteiger partial charge in [-0.3, -0.25) is 14.4 Å². The number of fused-ring (bicyclic) bond motifs is 3. The molecule has 39 heavy (non-hydrogen) atoms.